The molecule has 6 heteroatoms. The maximum Gasteiger partial charge on any atom is 0.308 e. The van der Waals surface area contributed by atoms with Crippen LogP contribution < -0.4 is 0 Å². The molecule has 0 aromatic heterocycles. The van der Waals surface area contributed by atoms with Gasteiger partial charge in [-0.3, -0.25) is 9.59 Å². The lowest BCUT2D eigenvalue weighted by Gasteiger charge is -2.39. The van der Waals surface area contributed by atoms with E-state index in [1.165, 1.54) is 17.0 Å². The molecule has 4 nitrogen and oxygen atoms in total. The Bertz CT molecular complexity index is 547. The van der Waals surface area contributed by atoms with Crippen molar-refractivity contribution in [2.45, 2.75) is 25.8 Å². The molecule has 20 heavy (non-hydrogen) atoms. The van der Waals surface area contributed by atoms with Crippen molar-refractivity contribution in [2.24, 2.45) is 5.92 Å². The van der Waals surface area contributed by atoms with Crippen LogP contribution in [0.4, 0.5) is 4.39 Å². The number of carboxylic acids is 1. The smallest absolute Gasteiger partial charge is 0.308 e. The van der Waals surface area contributed by atoms with E-state index in [9.17, 15) is 19.1 Å². The van der Waals surface area contributed by atoms with Gasteiger partial charge in [-0.25, -0.2) is 4.39 Å². The lowest BCUT2D eigenvalue weighted by Crippen LogP contribution is -2.45. The van der Waals surface area contributed by atoms with Gasteiger partial charge in [0.1, 0.15) is 5.82 Å². The number of nitrogens with zero attached hydrogens (tertiary/aromatic N) is 1. The van der Waals surface area contributed by atoms with Gasteiger partial charge in [0.15, 0.2) is 0 Å². The van der Waals surface area contributed by atoms with Crippen LogP contribution in [0.2, 0.25) is 5.02 Å². The van der Waals surface area contributed by atoms with Crippen LogP contribution in [0.15, 0.2) is 18.2 Å². The van der Waals surface area contributed by atoms with E-state index < -0.39 is 23.7 Å². The monoisotopic (exact) mass is 299 g/mol. The molecule has 1 aliphatic heterocycles. The number of halogens is 2. The molecular weight excluding hydrogens is 285 g/mol. The van der Waals surface area contributed by atoms with Crippen LogP contribution in [0.1, 0.15) is 31.4 Å². The number of benzene rings is 1. The van der Waals surface area contributed by atoms with Crippen molar-refractivity contribution in [1.82, 2.24) is 4.90 Å². The minimum atomic E-state index is -1.02. The Hall–Kier alpha value is -1.62. The summed E-state index contributed by atoms with van der Waals surface area (Å²) in [6.45, 7) is 2.10. The van der Waals surface area contributed by atoms with Gasteiger partial charge in [-0.05, 0) is 25.5 Å². The van der Waals surface area contributed by atoms with Crippen molar-refractivity contribution < 1.29 is 19.1 Å². The molecule has 2 unspecified atom stereocenters. The van der Waals surface area contributed by atoms with Crippen LogP contribution in [0.5, 0.6) is 0 Å². The van der Waals surface area contributed by atoms with Crippen LogP contribution >= 0.6 is 11.6 Å². The zero-order valence-electron chi connectivity index (χ0n) is 11.0. The average molecular weight is 300 g/mol. The van der Waals surface area contributed by atoms with Crippen LogP contribution in [0, 0.1) is 11.7 Å². The summed E-state index contributed by atoms with van der Waals surface area (Å²) < 4.78 is 14.1. The summed E-state index contributed by atoms with van der Waals surface area (Å²) in [6, 6.07) is 3.32. The molecule has 0 saturated carbocycles. The highest BCUT2D eigenvalue weighted by Gasteiger charge is 2.41. The predicted octanol–water partition coefficient (Wildman–Crippen LogP) is 2.86. The molecule has 1 aromatic rings. The minimum Gasteiger partial charge on any atom is -0.481 e. The lowest BCUT2D eigenvalue weighted by molar-refractivity contribution is -0.151. The Balaban J connectivity index is 2.49. The first-order chi connectivity index (χ1) is 9.45. The third kappa shape index (κ3) is 2.63. The van der Waals surface area contributed by atoms with Crippen molar-refractivity contribution >= 4 is 23.5 Å². The fourth-order valence-corrected chi connectivity index (χ4v) is 2.87. The van der Waals surface area contributed by atoms with Crippen LogP contribution in [-0.2, 0) is 9.59 Å². The van der Waals surface area contributed by atoms with E-state index in [1.807, 2.05) is 0 Å². The van der Waals surface area contributed by atoms with Crippen molar-refractivity contribution in [2.75, 3.05) is 6.54 Å². The second-order valence-corrected chi connectivity index (χ2v) is 5.21. The van der Waals surface area contributed by atoms with Crippen LogP contribution in [-0.4, -0.2) is 28.4 Å². The molecule has 2 atom stereocenters. The SMILES string of the molecule is CCN1C(=O)CCC(C(=O)O)C1c1ccc(Cl)cc1F. The Morgan fingerprint density at radius 3 is 2.80 bits per heavy atom. The van der Waals surface area contributed by atoms with Crippen LogP contribution in [0.3, 0.4) is 0 Å². The van der Waals surface area contributed by atoms with Crippen molar-refractivity contribution in [3.05, 3.63) is 34.6 Å². The van der Waals surface area contributed by atoms with Gasteiger partial charge in [0.25, 0.3) is 0 Å². The Kier molecular flexibility index (Phi) is 4.28. The normalized spacial score (nSPS) is 22.9. The number of aliphatic carboxylic acids is 1. The molecule has 0 aliphatic carbocycles. The molecule has 0 spiro atoms. The third-order valence-electron chi connectivity index (χ3n) is 3.65. The number of likely N-dealkylation sites (tertiary alicyclic amines) is 1. The van der Waals surface area contributed by atoms with Gasteiger partial charge in [-0.2, -0.15) is 0 Å². The van der Waals surface area contributed by atoms with Gasteiger partial charge in [0.05, 0.1) is 12.0 Å². The number of rotatable bonds is 3. The van der Waals surface area contributed by atoms with Gasteiger partial charge in [0, 0.05) is 23.6 Å². The second kappa shape index (κ2) is 5.79. The number of amides is 1. The van der Waals surface area contributed by atoms with Crippen LogP contribution in [0.25, 0.3) is 0 Å². The van der Waals surface area contributed by atoms with Crippen molar-refractivity contribution in [3.8, 4) is 0 Å². The highest BCUT2D eigenvalue weighted by Crippen LogP contribution is 2.38. The van der Waals surface area contributed by atoms with Crippen molar-refractivity contribution in [1.29, 1.82) is 0 Å². The first-order valence-corrected chi connectivity index (χ1v) is 6.80. The topological polar surface area (TPSA) is 57.6 Å². The Morgan fingerprint density at radius 2 is 2.25 bits per heavy atom. The number of hydrogen-bond acceptors (Lipinski definition) is 2. The fraction of sp³-hybridized carbons (Fsp3) is 0.429. The standard InChI is InChI=1S/C14H15ClFNO3/c1-2-17-12(18)6-5-10(14(19)20)13(17)9-4-3-8(15)7-11(9)16/h3-4,7,10,13H,2,5-6H2,1H3,(H,19,20). The van der Waals surface area contributed by atoms with E-state index in [0.717, 1.165) is 6.07 Å². The molecule has 1 aliphatic rings. The average Bonchev–Trinajstić information content (AvgIpc) is 2.38. The maximum absolute atomic E-state index is 14.1. The summed E-state index contributed by atoms with van der Waals surface area (Å²) in [5, 5.41) is 9.57. The molecule has 108 valence electrons. The molecule has 1 amide bonds. The number of hydrogen-bond donors (Lipinski definition) is 1. The summed E-state index contributed by atoms with van der Waals surface area (Å²) in [5.41, 5.74) is 0.205. The second-order valence-electron chi connectivity index (χ2n) is 4.77. The molecule has 0 bridgehead atoms. The van der Waals surface area contributed by atoms with E-state index in [2.05, 4.69) is 0 Å². The Morgan fingerprint density at radius 1 is 1.55 bits per heavy atom. The van der Waals surface area contributed by atoms with Gasteiger partial charge >= 0.3 is 5.97 Å². The first-order valence-electron chi connectivity index (χ1n) is 6.43. The van der Waals surface area contributed by atoms with E-state index >= 15 is 0 Å². The first kappa shape index (κ1) is 14.8. The van der Waals surface area contributed by atoms with E-state index in [0.29, 0.717) is 6.54 Å². The highest BCUT2D eigenvalue weighted by molar-refractivity contribution is 6.30. The Labute approximate surface area is 121 Å². The quantitative estimate of drug-likeness (QED) is 0.933. The molecule has 1 fully saturated rings. The summed E-state index contributed by atoms with van der Waals surface area (Å²) in [7, 11) is 0. The third-order valence-corrected chi connectivity index (χ3v) is 3.88. The summed E-state index contributed by atoms with van der Waals surface area (Å²) in [5.74, 6) is -2.55. The summed E-state index contributed by atoms with van der Waals surface area (Å²) in [4.78, 5) is 24.8. The molecule has 1 N–H and O–H groups in total. The molecule has 1 aromatic carbocycles. The largest absolute Gasteiger partial charge is 0.481 e. The zero-order valence-corrected chi connectivity index (χ0v) is 11.7. The summed E-state index contributed by atoms with van der Waals surface area (Å²) >= 11 is 5.72. The van der Waals surface area contributed by atoms with Gasteiger partial charge in [0.2, 0.25) is 5.91 Å². The molecule has 1 heterocycles. The number of carbonyl (C=O) groups excluding carboxylic acids is 1. The molecule has 2 rings (SSSR count). The minimum absolute atomic E-state index is 0.149. The number of carboxylic acid groups (broad SMARTS) is 1. The van der Waals surface area contributed by atoms with E-state index in [1.54, 1.807) is 6.92 Å². The molecule has 0 radical (unpaired) electrons. The lowest BCUT2D eigenvalue weighted by atomic mass is 9.84. The van der Waals surface area contributed by atoms with E-state index in [4.69, 9.17) is 11.6 Å². The zero-order chi connectivity index (χ0) is 14.9. The van der Waals surface area contributed by atoms with Gasteiger partial charge in [-0.1, -0.05) is 17.7 Å². The summed E-state index contributed by atoms with van der Waals surface area (Å²) in [6.07, 6.45) is 0.397. The van der Waals surface area contributed by atoms with E-state index in [-0.39, 0.29) is 29.3 Å². The maximum atomic E-state index is 14.1. The predicted molar refractivity (Wildman–Crippen MR) is 71.9 cm³/mol. The van der Waals surface area contributed by atoms with Gasteiger partial charge < -0.3 is 10.0 Å². The van der Waals surface area contributed by atoms with Gasteiger partial charge in [-0.15, -0.1) is 0 Å². The highest BCUT2D eigenvalue weighted by atomic mass is 35.5. The molecule has 1 saturated heterocycles. The van der Waals surface area contributed by atoms with Crippen molar-refractivity contribution in [3.63, 3.8) is 0 Å². The molecular formula is C14H15ClFNO3. The number of carbonyl (C=O) groups is 2. The fourth-order valence-electron chi connectivity index (χ4n) is 2.71. The number of piperidine rings is 1.